The van der Waals surface area contributed by atoms with Gasteiger partial charge in [-0.25, -0.2) is 0 Å². The molecule has 1 aliphatic heterocycles. The molecule has 0 saturated carbocycles. The first-order valence-electron chi connectivity index (χ1n) is 4.01. The molecule has 5 heteroatoms. The summed E-state index contributed by atoms with van der Waals surface area (Å²) >= 11 is 3.07. The summed E-state index contributed by atoms with van der Waals surface area (Å²) in [5.41, 5.74) is -0.0136. The van der Waals surface area contributed by atoms with Crippen molar-refractivity contribution in [2.45, 2.75) is 12.6 Å². The molecule has 0 fully saturated rings. The Balaban J connectivity index is 2.52. The van der Waals surface area contributed by atoms with Crippen LogP contribution in [0.2, 0.25) is 0 Å². The molecule has 1 aliphatic rings. The van der Waals surface area contributed by atoms with E-state index in [1.54, 1.807) is 0 Å². The summed E-state index contributed by atoms with van der Waals surface area (Å²) in [6, 6.07) is 2.19. The fourth-order valence-electron chi connectivity index (χ4n) is 1.42. The van der Waals surface area contributed by atoms with E-state index >= 15 is 0 Å². The molecule has 0 bridgehead atoms. The van der Waals surface area contributed by atoms with Gasteiger partial charge < -0.3 is 4.74 Å². The quantitative estimate of drug-likeness (QED) is 0.700. The lowest BCUT2D eigenvalue weighted by molar-refractivity contribution is -0.137. The fraction of sp³-hybridized carbons (Fsp3) is 0.333. The molecule has 0 spiro atoms. The van der Waals surface area contributed by atoms with Gasteiger partial charge in [0.2, 0.25) is 0 Å². The van der Waals surface area contributed by atoms with Crippen molar-refractivity contribution in [3.05, 3.63) is 27.7 Å². The Kier molecular flexibility index (Phi) is 2.21. The molecule has 76 valence electrons. The highest BCUT2D eigenvalue weighted by atomic mass is 79.9. The van der Waals surface area contributed by atoms with Crippen LogP contribution in [-0.2, 0) is 12.6 Å². The standard InChI is InChI=1S/C9H6BrF3O/c10-7-4-6(9(11,12)13)3-5-1-2-14-8(5)7/h3-4H,1-2H2. The maximum absolute atomic E-state index is 12.4. The number of hydrogen-bond donors (Lipinski definition) is 0. The highest BCUT2D eigenvalue weighted by molar-refractivity contribution is 9.10. The summed E-state index contributed by atoms with van der Waals surface area (Å²) in [5, 5.41) is 0. The van der Waals surface area contributed by atoms with Crippen LogP contribution in [0.1, 0.15) is 11.1 Å². The molecule has 0 N–H and O–H groups in total. The largest absolute Gasteiger partial charge is 0.492 e. The van der Waals surface area contributed by atoms with E-state index < -0.39 is 11.7 Å². The zero-order chi connectivity index (χ0) is 10.3. The minimum atomic E-state index is -4.29. The van der Waals surface area contributed by atoms with Crippen LogP contribution >= 0.6 is 15.9 Å². The third-order valence-corrected chi connectivity index (χ3v) is 2.65. The van der Waals surface area contributed by atoms with E-state index in [9.17, 15) is 13.2 Å². The Bertz CT molecular complexity index is 373. The predicted molar refractivity (Wildman–Crippen MR) is 48.3 cm³/mol. The average Bonchev–Trinajstić information content (AvgIpc) is 2.50. The van der Waals surface area contributed by atoms with Crippen LogP contribution < -0.4 is 4.74 Å². The van der Waals surface area contributed by atoms with E-state index in [0.29, 0.717) is 28.8 Å². The zero-order valence-electron chi connectivity index (χ0n) is 6.99. The molecule has 14 heavy (non-hydrogen) atoms. The topological polar surface area (TPSA) is 9.23 Å². The van der Waals surface area contributed by atoms with Gasteiger partial charge in [0, 0.05) is 6.42 Å². The minimum Gasteiger partial charge on any atom is -0.492 e. The lowest BCUT2D eigenvalue weighted by Gasteiger charge is -2.09. The molecule has 1 heterocycles. The van der Waals surface area contributed by atoms with Crippen LogP contribution in [0.25, 0.3) is 0 Å². The number of benzene rings is 1. The first kappa shape index (κ1) is 9.83. The number of rotatable bonds is 0. The van der Waals surface area contributed by atoms with Gasteiger partial charge in [0.05, 0.1) is 16.6 Å². The third-order valence-electron chi connectivity index (χ3n) is 2.07. The zero-order valence-corrected chi connectivity index (χ0v) is 8.58. The van der Waals surface area contributed by atoms with Crippen LogP contribution in [0.15, 0.2) is 16.6 Å². The monoisotopic (exact) mass is 266 g/mol. The SMILES string of the molecule is FC(F)(F)c1cc(Br)c2c(c1)CCO2. The van der Waals surface area contributed by atoms with E-state index in [2.05, 4.69) is 15.9 Å². The number of fused-ring (bicyclic) bond motifs is 1. The second-order valence-electron chi connectivity index (χ2n) is 3.04. The van der Waals surface area contributed by atoms with Gasteiger partial charge in [-0.3, -0.25) is 0 Å². The Morgan fingerprint density at radius 3 is 2.64 bits per heavy atom. The van der Waals surface area contributed by atoms with E-state index in [0.717, 1.165) is 12.1 Å². The van der Waals surface area contributed by atoms with Crippen LogP contribution in [0.3, 0.4) is 0 Å². The summed E-state index contributed by atoms with van der Waals surface area (Å²) in [7, 11) is 0. The molecule has 1 aromatic carbocycles. The second kappa shape index (κ2) is 3.15. The number of ether oxygens (including phenoxy) is 1. The lowest BCUT2D eigenvalue weighted by atomic mass is 10.1. The van der Waals surface area contributed by atoms with Gasteiger partial charge in [-0.15, -0.1) is 0 Å². The van der Waals surface area contributed by atoms with Gasteiger partial charge in [0.25, 0.3) is 0 Å². The maximum Gasteiger partial charge on any atom is 0.416 e. The molecule has 0 atom stereocenters. The number of hydrogen-bond acceptors (Lipinski definition) is 1. The van der Waals surface area contributed by atoms with Crippen LogP contribution in [-0.4, -0.2) is 6.61 Å². The third kappa shape index (κ3) is 1.61. The van der Waals surface area contributed by atoms with E-state index in [-0.39, 0.29) is 0 Å². The highest BCUT2D eigenvalue weighted by Crippen LogP contribution is 2.39. The van der Waals surface area contributed by atoms with Crippen molar-refractivity contribution in [3.63, 3.8) is 0 Å². The number of halogens is 4. The van der Waals surface area contributed by atoms with Gasteiger partial charge >= 0.3 is 6.18 Å². The van der Waals surface area contributed by atoms with Crippen molar-refractivity contribution >= 4 is 15.9 Å². The predicted octanol–water partition coefficient (Wildman–Crippen LogP) is 3.40. The van der Waals surface area contributed by atoms with Gasteiger partial charge in [0.15, 0.2) is 0 Å². The second-order valence-corrected chi connectivity index (χ2v) is 3.90. The van der Waals surface area contributed by atoms with E-state index in [1.807, 2.05) is 0 Å². The van der Waals surface area contributed by atoms with Crippen molar-refractivity contribution in [1.82, 2.24) is 0 Å². The molecule has 2 rings (SSSR count). The van der Waals surface area contributed by atoms with Crippen molar-refractivity contribution in [1.29, 1.82) is 0 Å². The van der Waals surface area contributed by atoms with Crippen LogP contribution in [0.5, 0.6) is 5.75 Å². The first-order chi connectivity index (χ1) is 6.48. The summed E-state index contributed by atoms with van der Waals surface area (Å²) in [5.74, 6) is 0.540. The van der Waals surface area contributed by atoms with Crippen molar-refractivity contribution in [3.8, 4) is 5.75 Å². The molecular weight excluding hydrogens is 261 g/mol. The lowest BCUT2D eigenvalue weighted by Crippen LogP contribution is -2.05. The van der Waals surface area contributed by atoms with E-state index in [1.165, 1.54) is 0 Å². The number of alkyl halides is 3. The Hall–Kier alpha value is -0.710. The molecule has 0 radical (unpaired) electrons. The van der Waals surface area contributed by atoms with Gasteiger partial charge in [-0.1, -0.05) is 0 Å². The van der Waals surface area contributed by atoms with Crippen LogP contribution in [0.4, 0.5) is 13.2 Å². The highest BCUT2D eigenvalue weighted by Gasteiger charge is 2.32. The summed E-state index contributed by atoms with van der Waals surface area (Å²) in [6.07, 6.45) is -3.75. The Morgan fingerprint density at radius 2 is 2.00 bits per heavy atom. The van der Waals surface area contributed by atoms with Crippen LogP contribution in [0, 0.1) is 0 Å². The molecule has 0 amide bonds. The summed E-state index contributed by atoms with van der Waals surface area (Å²) in [6.45, 7) is 0.454. The van der Waals surface area contributed by atoms with Crippen molar-refractivity contribution in [2.24, 2.45) is 0 Å². The minimum absolute atomic E-state index is 0.375. The molecule has 1 aromatic rings. The summed E-state index contributed by atoms with van der Waals surface area (Å²) < 4.78 is 42.7. The fourth-order valence-corrected chi connectivity index (χ4v) is 2.04. The maximum atomic E-state index is 12.4. The van der Waals surface area contributed by atoms with E-state index in [4.69, 9.17) is 4.74 Å². The Morgan fingerprint density at radius 1 is 1.29 bits per heavy atom. The Labute approximate surface area is 87.0 Å². The van der Waals surface area contributed by atoms with Gasteiger partial charge in [-0.2, -0.15) is 13.2 Å². The molecule has 0 aromatic heterocycles. The molecule has 0 unspecified atom stereocenters. The molecule has 0 saturated heterocycles. The van der Waals surface area contributed by atoms with Gasteiger partial charge in [-0.05, 0) is 33.6 Å². The smallest absolute Gasteiger partial charge is 0.416 e. The van der Waals surface area contributed by atoms with Crippen molar-refractivity contribution < 1.29 is 17.9 Å². The molecular formula is C9H6BrF3O. The van der Waals surface area contributed by atoms with Crippen molar-refractivity contribution in [2.75, 3.05) is 6.61 Å². The van der Waals surface area contributed by atoms with Gasteiger partial charge in [0.1, 0.15) is 5.75 Å². The first-order valence-corrected chi connectivity index (χ1v) is 4.80. The summed E-state index contributed by atoms with van der Waals surface area (Å²) in [4.78, 5) is 0. The normalized spacial score (nSPS) is 15.1. The molecule has 0 aliphatic carbocycles. The average molecular weight is 267 g/mol. The molecule has 1 nitrogen and oxygen atoms in total.